The number of hydrogen-bond acceptors (Lipinski definition) is 3. The normalized spacial score (nSPS) is 10.9. The topological polar surface area (TPSA) is 69.6 Å². The second-order valence-electron chi connectivity index (χ2n) is 5.42. The Hall–Kier alpha value is -1.88. The van der Waals surface area contributed by atoms with E-state index >= 15 is 0 Å². The van der Waals surface area contributed by atoms with Crippen molar-refractivity contribution in [3.8, 4) is 0 Å². The molecule has 1 amide bonds. The lowest BCUT2D eigenvalue weighted by Crippen LogP contribution is -2.32. The van der Waals surface area contributed by atoms with Gasteiger partial charge >= 0.3 is 5.97 Å². The lowest BCUT2D eigenvalue weighted by Gasteiger charge is -2.20. The molecule has 2 N–H and O–H groups in total. The zero-order chi connectivity index (χ0) is 15.8. The molecule has 0 radical (unpaired) electrons. The van der Waals surface area contributed by atoms with Gasteiger partial charge in [-0.3, -0.25) is 4.79 Å². The summed E-state index contributed by atoms with van der Waals surface area (Å²) < 4.78 is 0. The SMILES string of the molecule is CC(C)N(C)CCCNC(=O)Cc1ccccc1C(=O)O. The van der Waals surface area contributed by atoms with E-state index in [0.29, 0.717) is 18.2 Å². The Morgan fingerprint density at radius 2 is 1.95 bits per heavy atom. The van der Waals surface area contributed by atoms with Crippen molar-refractivity contribution in [3.05, 3.63) is 35.4 Å². The van der Waals surface area contributed by atoms with Crippen LogP contribution in [0.3, 0.4) is 0 Å². The zero-order valence-electron chi connectivity index (χ0n) is 12.9. The highest BCUT2D eigenvalue weighted by Crippen LogP contribution is 2.09. The van der Waals surface area contributed by atoms with Crippen LogP contribution < -0.4 is 5.32 Å². The van der Waals surface area contributed by atoms with Gasteiger partial charge < -0.3 is 15.3 Å². The zero-order valence-corrected chi connectivity index (χ0v) is 12.9. The molecular weight excluding hydrogens is 268 g/mol. The number of rotatable bonds is 8. The van der Waals surface area contributed by atoms with Gasteiger partial charge in [0.15, 0.2) is 0 Å². The number of nitrogens with one attached hydrogen (secondary N) is 1. The molecule has 0 unspecified atom stereocenters. The summed E-state index contributed by atoms with van der Waals surface area (Å²) in [7, 11) is 2.05. The van der Waals surface area contributed by atoms with Crippen LogP contribution in [0.4, 0.5) is 0 Å². The van der Waals surface area contributed by atoms with Gasteiger partial charge in [-0.2, -0.15) is 0 Å². The Bertz CT molecular complexity index is 486. The van der Waals surface area contributed by atoms with E-state index in [1.54, 1.807) is 18.2 Å². The van der Waals surface area contributed by atoms with Crippen molar-refractivity contribution in [1.29, 1.82) is 0 Å². The van der Waals surface area contributed by atoms with Crippen LogP contribution in [-0.4, -0.2) is 48.1 Å². The van der Waals surface area contributed by atoms with E-state index in [1.807, 2.05) is 0 Å². The minimum absolute atomic E-state index is 0.0997. The van der Waals surface area contributed by atoms with E-state index in [2.05, 4.69) is 31.1 Å². The highest BCUT2D eigenvalue weighted by Gasteiger charge is 2.12. The molecule has 1 rings (SSSR count). The van der Waals surface area contributed by atoms with Crippen LogP contribution >= 0.6 is 0 Å². The van der Waals surface area contributed by atoms with Crippen LogP contribution in [0.15, 0.2) is 24.3 Å². The maximum Gasteiger partial charge on any atom is 0.335 e. The molecular formula is C16H24N2O3. The first kappa shape index (κ1) is 17.2. The standard InChI is InChI=1S/C16H24N2O3/c1-12(2)18(3)10-6-9-17-15(19)11-13-7-4-5-8-14(13)16(20)21/h4-5,7-8,12H,6,9-11H2,1-3H3,(H,17,19)(H,20,21). The number of benzene rings is 1. The number of amides is 1. The van der Waals surface area contributed by atoms with Gasteiger partial charge in [0, 0.05) is 12.6 Å². The Morgan fingerprint density at radius 1 is 1.29 bits per heavy atom. The summed E-state index contributed by atoms with van der Waals surface area (Å²) in [6.07, 6.45) is 0.976. The number of carbonyl (C=O) groups is 2. The fourth-order valence-corrected chi connectivity index (χ4v) is 1.93. The fraction of sp³-hybridized carbons (Fsp3) is 0.500. The molecule has 0 aliphatic rings. The molecule has 5 heteroatoms. The van der Waals surface area contributed by atoms with Gasteiger partial charge in [0.25, 0.3) is 0 Å². The predicted octanol–water partition coefficient (Wildman–Crippen LogP) is 1.77. The molecule has 0 saturated heterocycles. The third kappa shape index (κ3) is 5.95. The van der Waals surface area contributed by atoms with Gasteiger partial charge in [-0.1, -0.05) is 18.2 Å². The van der Waals surface area contributed by atoms with Crippen LogP contribution in [0, 0.1) is 0 Å². The van der Waals surface area contributed by atoms with Crippen LogP contribution in [0.25, 0.3) is 0 Å². The van der Waals surface area contributed by atoms with Crippen molar-refractivity contribution in [2.75, 3.05) is 20.1 Å². The maximum atomic E-state index is 11.8. The number of carbonyl (C=O) groups excluding carboxylic acids is 1. The molecule has 0 heterocycles. The Balaban J connectivity index is 2.39. The Morgan fingerprint density at radius 3 is 2.57 bits per heavy atom. The lowest BCUT2D eigenvalue weighted by atomic mass is 10.0. The number of aromatic carboxylic acids is 1. The molecule has 0 spiro atoms. The van der Waals surface area contributed by atoms with E-state index in [1.165, 1.54) is 6.07 Å². The first-order chi connectivity index (χ1) is 9.91. The van der Waals surface area contributed by atoms with E-state index in [-0.39, 0.29) is 17.9 Å². The summed E-state index contributed by atoms with van der Waals surface area (Å²) in [4.78, 5) is 25.1. The molecule has 0 aromatic heterocycles. The third-order valence-electron chi connectivity index (χ3n) is 3.49. The highest BCUT2D eigenvalue weighted by atomic mass is 16.4. The Kier molecular flexibility index (Phi) is 6.88. The van der Waals surface area contributed by atoms with Gasteiger partial charge in [0.2, 0.25) is 5.91 Å². The van der Waals surface area contributed by atoms with Crippen molar-refractivity contribution in [1.82, 2.24) is 10.2 Å². The highest BCUT2D eigenvalue weighted by molar-refractivity contribution is 5.91. The van der Waals surface area contributed by atoms with Crippen LogP contribution in [0.2, 0.25) is 0 Å². The van der Waals surface area contributed by atoms with E-state index in [0.717, 1.165) is 13.0 Å². The molecule has 0 atom stereocenters. The van der Waals surface area contributed by atoms with E-state index in [9.17, 15) is 9.59 Å². The molecule has 0 fully saturated rings. The van der Waals surface area contributed by atoms with E-state index in [4.69, 9.17) is 5.11 Å². The molecule has 0 bridgehead atoms. The quantitative estimate of drug-likeness (QED) is 0.717. The molecule has 21 heavy (non-hydrogen) atoms. The molecule has 1 aromatic carbocycles. The van der Waals surface area contributed by atoms with Crippen LogP contribution in [-0.2, 0) is 11.2 Å². The summed E-state index contributed by atoms with van der Waals surface area (Å²) in [5, 5.41) is 11.9. The van der Waals surface area contributed by atoms with Crippen molar-refractivity contribution in [2.24, 2.45) is 0 Å². The van der Waals surface area contributed by atoms with E-state index < -0.39 is 5.97 Å². The summed E-state index contributed by atoms with van der Waals surface area (Å²) in [5.74, 6) is -1.15. The second kappa shape index (κ2) is 8.42. The maximum absolute atomic E-state index is 11.8. The number of hydrogen-bond donors (Lipinski definition) is 2. The number of carboxylic acids is 1. The summed E-state index contributed by atoms with van der Waals surface area (Å²) >= 11 is 0. The first-order valence-corrected chi connectivity index (χ1v) is 7.20. The predicted molar refractivity (Wildman–Crippen MR) is 82.5 cm³/mol. The van der Waals surface area contributed by atoms with Crippen molar-refractivity contribution in [2.45, 2.75) is 32.7 Å². The smallest absolute Gasteiger partial charge is 0.335 e. The van der Waals surface area contributed by atoms with Gasteiger partial charge in [0.05, 0.1) is 12.0 Å². The molecule has 5 nitrogen and oxygen atoms in total. The van der Waals surface area contributed by atoms with Gasteiger partial charge in [0.1, 0.15) is 0 Å². The third-order valence-corrected chi connectivity index (χ3v) is 3.49. The largest absolute Gasteiger partial charge is 0.478 e. The van der Waals surface area contributed by atoms with Gasteiger partial charge in [-0.15, -0.1) is 0 Å². The van der Waals surface area contributed by atoms with Gasteiger partial charge in [-0.25, -0.2) is 4.79 Å². The second-order valence-corrected chi connectivity index (χ2v) is 5.42. The monoisotopic (exact) mass is 292 g/mol. The molecule has 0 saturated carbocycles. The fourth-order valence-electron chi connectivity index (χ4n) is 1.93. The number of nitrogens with zero attached hydrogens (tertiary/aromatic N) is 1. The minimum atomic E-state index is -1.00. The number of carboxylic acid groups (broad SMARTS) is 1. The average Bonchev–Trinajstić information content (AvgIpc) is 2.43. The van der Waals surface area contributed by atoms with Crippen molar-refractivity contribution >= 4 is 11.9 Å². The van der Waals surface area contributed by atoms with Crippen molar-refractivity contribution < 1.29 is 14.7 Å². The summed E-state index contributed by atoms with van der Waals surface area (Å²) in [5.41, 5.74) is 0.731. The van der Waals surface area contributed by atoms with Crippen molar-refractivity contribution in [3.63, 3.8) is 0 Å². The lowest BCUT2D eigenvalue weighted by molar-refractivity contribution is -0.120. The molecule has 116 valence electrons. The summed E-state index contributed by atoms with van der Waals surface area (Å²) in [6.45, 7) is 5.78. The first-order valence-electron chi connectivity index (χ1n) is 7.20. The van der Waals surface area contributed by atoms with Gasteiger partial charge in [-0.05, 0) is 45.5 Å². The summed E-state index contributed by atoms with van der Waals surface area (Å²) in [6, 6.07) is 7.08. The van der Waals surface area contributed by atoms with Crippen LogP contribution in [0.5, 0.6) is 0 Å². The Labute approximate surface area is 126 Å². The molecule has 1 aromatic rings. The average molecular weight is 292 g/mol. The van der Waals surface area contributed by atoms with Crippen LogP contribution in [0.1, 0.15) is 36.2 Å². The minimum Gasteiger partial charge on any atom is -0.478 e. The molecule has 0 aliphatic heterocycles. The molecule has 0 aliphatic carbocycles.